The van der Waals surface area contributed by atoms with E-state index in [1.54, 1.807) is 18.6 Å². The van der Waals surface area contributed by atoms with E-state index in [1.807, 2.05) is 42.6 Å². The molecule has 5 aromatic rings. The summed E-state index contributed by atoms with van der Waals surface area (Å²) >= 11 is 6.64. The molecule has 0 spiro atoms. The van der Waals surface area contributed by atoms with Gasteiger partial charge in [0.15, 0.2) is 0 Å². The van der Waals surface area contributed by atoms with E-state index in [1.165, 1.54) is 6.33 Å². The van der Waals surface area contributed by atoms with E-state index >= 15 is 0 Å². The lowest BCUT2D eigenvalue weighted by atomic mass is 10.0. The van der Waals surface area contributed by atoms with Crippen LogP contribution >= 0.6 is 11.6 Å². The summed E-state index contributed by atoms with van der Waals surface area (Å²) in [4.78, 5) is 24.9. The lowest BCUT2D eigenvalue weighted by Crippen LogP contribution is -2.36. The lowest BCUT2D eigenvalue weighted by molar-refractivity contribution is 0.122. The molecule has 9 heteroatoms. The van der Waals surface area contributed by atoms with Gasteiger partial charge >= 0.3 is 0 Å². The molecule has 0 unspecified atom stereocenters. The number of hydrogen-bond donors (Lipinski definition) is 1. The fourth-order valence-electron chi connectivity index (χ4n) is 4.58. The number of para-hydroxylation sites is 1. The Morgan fingerprint density at radius 2 is 1.81 bits per heavy atom. The molecule has 184 valence electrons. The normalized spacial score (nSPS) is 13.6. The van der Waals surface area contributed by atoms with Crippen molar-refractivity contribution in [2.45, 2.75) is 6.92 Å². The predicted octanol–water partition coefficient (Wildman–Crippen LogP) is 5.69. The van der Waals surface area contributed by atoms with Crippen molar-refractivity contribution in [3.05, 3.63) is 84.2 Å². The van der Waals surface area contributed by atoms with Crippen molar-refractivity contribution in [2.75, 3.05) is 36.5 Å². The summed E-state index contributed by atoms with van der Waals surface area (Å²) in [5, 5.41) is 5.22. The van der Waals surface area contributed by atoms with E-state index in [2.05, 4.69) is 38.2 Å². The molecule has 1 aromatic carbocycles. The first-order chi connectivity index (χ1) is 18.2. The first kappa shape index (κ1) is 23.3. The number of anilines is 3. The van der Waals surface area contributed by atoms with Crippen LogP contribution in [0.5, 0.6) is 0 Å². The molecule has 5 heterocycles. The molecule has 0 aliphatic carbocycles. The highest BCUT2D eigenvalue weighted by atomic mass is 35.5. The van der Waals surface area contributed by atoms with Crippen molar-refractivity contribution in [3.63, 3.8) is 0 Å². The average Bonchev–Trinajstić information content (AvgIpc) is 2.96. The number of hydrogen-bond acceptors (Lipinski definition) is 8. The maximum Gasteiger partial charge on any atom is 0.130 e. The van der Waals surface area contributed by atoms with Gasteiger partial charge in [0.25, 0.3) is 0 Å². The van der Waals surface area contributed by atoms with Crippen molar-refractivity contribution in [1.29, 1.82) is 0 Å². The van der Waals surface area contributed by atoms with Gasteiger partial charge < -0.3 is 15.0 Å². The molecule has 6 rings (SSSR count). The zero-order chi connectivity index (χ0) is 25.2. The van der Waals surface area contributed by atoms with Gasteiger partial charge in [0.1, 0.15) is 12.1 Å². The summed E-state index contributed by atoms with van der Waals surface area (Å²) in [6, 6.07) is 13.7. The Labute approximate surface area is 219 Å². The molecule has 0 radical (unpaired) electrons. The number of ether oxygens (including phenoxy) is 1. The summed E-state index contributed by atoms with van der Waals surface area (Å²) in [6.45, 7) is 4.99. The highest BCUT2D eigenvalue weighted by Gasteiger charge is 2.20. The molecule has 1 N–H and O–H groups in total. The number of halogens is 1. The summed E-state index contributed by atoms with van der Waals surface area (Å²) < 4.78 is 5.54. The van der Waals surface area contributed by atoms with Crippen molar-refractivity contribution in [3.8, 4) is 22.5 Å². The van der Waals surface area contributed by atoms with Crippen molar-refractivity contribution in [1.82, 2.24) is 24.9 Å². The Morgan fingerprint density at radius 3 is 2.59 bits per heavy atom. The summed E-state index contributed by atoms with van der Waals surface area (Å²) in [7, 11) is 0. The van der Waals surface area contributed by atoms with Crippen LogP contribution in [-0.4, -0.2) is 51.2 Å². The van der Waals surface area contributed by atoms with Crippen LogP contribution in [-0.2, 0) is 4.74 Å². The topological polar surface area (TPSA) is 89.0 Å². The molecule has 0 bridgehead atoms. The average molecular weight is 510 g/mol. The van der Waals surface area contributed by atoms with Crippen LogP contribution in [0.15, 0.2) is 73.6 Å². The minimum atomic E-state index is 0.582. The minimum Gasteiger partial charge on any atom is -0.378 e. The molecule has 0 saturated carbocycles. The van der Waals surface area contributed by atoms with E-state index in [0.29, 0.717) is 23.8 Å². The maximum atomic E-state index is 6.64. The first-order valence-corrected chi connectivity index (χ1v) is 12.4. The summed E-state index contributed by atoms with van der Waals surface area (Å²) in [5.41, 5.74) is 6.78. The molecule has 4 aromatic heterocycles. The number of nitrogens with zero attached hydrogens (tertiary/aromatic N) is 6. The van der Waals surface area contributed by atoms with Gasteiger partial charge in [-0.25, -0.2) is 19.9 Å². The molecule has 8 nitrogen and oxygen atoms in total. The monoisotopic (exact) mass is 509 g/mol. The third kappa shape index (κ3) is 4.57. The number of pyridine rings is 3. The Balaban J connectivity index is 1.54. The second-order valence-electron chi connectivity index (χ2n) is 8.75. The third-order valence-corrected chi connectivity index (χ3v) is 6.78. The molecule has 1 saturated heterocycles. The molecule has 1 fully saturated rings. The fraction of sp³-hybridized carbons (Fsp3) is 0.179. The van der Waals surface area contributed by atoms with E-state index in [4.69, 9.17) is 26.3 Å². The predicted molar refractivity (Wildman–Crippen MR) is 146 cm³/mol. The standard InChI is InChI=1S/C28H24ClN7O/c1-18-26(20-5-4-6-22(29)28(20)35-27(18)23-7-2-3-8-32-23)34-24-13-25(36-9-11-37-12-10-36)33-16-21(24)19-14-30-17-31-15-19/h2-8,13-17H,9-12H2,1H3,(H,33,34,35). The zero-order valence-electron chi connectivity index (χ0n) is 20.2. The summed E-state index contributed by atoms with van der Waals surface area (Å²) in [6.07, 6.45) is 8.74. The number of fused-ring (bicyclic) bond motifs is 1. The Hall–Kier alpha value is -4.14. The Morgan fingerprint density at radius 1 is 0.973 bits per heavy atom. The fourth-order valence-corrected chi connectivity index (χ4v) is 4.79. The molecule has 1 aliphatic rings. The van der Waals surface area contributed by atoms with E-state index in [9.17, 15) is 0 Å². The quantitative estimate of drug-likeness (QED) is 0.323. The Kier molecular flexibility index (Phi) is 6.34. The van der Waals surface area contributed by atoms with Gasteiger partial charge in [-0.1, -0.05) is 29.8 Å². The smallest absolute Gasteiger partial charge is 0.130 e. The Bertz CT molecular complexity index is 1560. The minimum absolute atomic E-state index is 0.582. The second kappa shape index (κ2) is 10.1. The summed E-state index contributed by atoms with van der Waals surface area (Å²) in [5.74, 6) is 0.880. The molecular formula is C28H24ClN7O. The SMILES string of the molecule is Cc1c(-c2ccccn2)nc2c(Cl)cccc2c1Nc1cc(N2CCOCC2)ncc1-c1cncnc1. The zero-order valence-corrected chi connectivity index (χ0v) is 21.0. The van der Waals surface area contributed by atoms with Crippen LogP contribution in [0.3, 0.4) is 0 Å². The van der Waals surface area contributed by atoms with E-state index < -0.39 is 0 Å². The third-order valence-electron chi connectivity index (χ3n) is 6.47. The molecule has 1 aliphatic heterocycles. The van der Waals surface area contributed by atoms with Crippen molar-refractivity contribution < 1.29 is 4.74 Å². The lowest BCUT2D eigenvalue weighted by Gasteiger charge is -2.28. The van der Waals surface area contributed by atoms with Gasteiger partial charge in [0.05, 0.1) is 46.5 Å². The number of nitrogens with one attached hydrogen (secondary N) is 1. The van der Waals surface area contributed by atoms with Crippen LogP contribution < -0.4 is 10.2 Å². The van der Waals surface area contributed by atoms with Crippen molar-refractivity contribution in [2.24, 2.45) is 0 Å². The number of benzene rings is 1. The van der Waals surface area contributed by atoms with Crippen LogP contribution in [0, 0.1) is 6.92 Å². The van der Waals surface area contributed by atoms with Gasteiger partial charge in [0.2, 0.25) is 0 Å². The molecule has 37 heavy (non-hydrogen) atoms. The van der Waals surface area contributed by atoms with Gasteiger partial charge in [-0.05, 0) is 25.1 Å². The largest absolute Gasteiger partial charge is 0.378 e. The van der Waals surface area contributed by atoms with Crippen LogP contribution in [0.2, 0.25) is 5.02 Å². The van der Waals surface area contributed by atoms with Crippen LogP contribution in [0.25, 0.3) is 33.4 Å². The van der Waals surface area contributed by atoms with Crippen molar-refractivity contribution >= 4 is 39.7 Å². The molecule has 0 amide bonds. The number of aromatic nitrogens is 5. The van der Waals surface area contributed by atoms with Gasteiger partial charge in [-0.3, -0.25) is 4.98 Å². The highest BCUT2D eigenvalue weighted by Crippen LogP contribution is 2.39. The molecule has 0 atom stereocenters. The van der Waals surface area contributed by atoms with Crippen LogP contribution in [0.1, 0.15) is 5.56 Å². The maximum absolute atomic E-state index is 6.64. The van der Waals surface area contributed by atoms with Gasteiger partial charge in [-0.2, -0.15) is 0 Å². The second-order valence-corrected chi connectivity index (χ2v) is 9.16. The van der Waals surface area contributed by atoms with E-state index in [0.717, 1.165) is 63.7 Å². The van der Waals surface area contributed by atoms with Gasteiger partial charge in [0, 0.05) is 66.0 Å². The number of morpholine rings is 1. The number of rotatable bonds is 5. The van der Waals surface area contributed by atoms with Crippen LogP contribution in [0.4, 0.5) is 17.2 Å². The highest BCUT2D eigenvalue weighted by molar-refractivity contribution is 6.35. The molecular weight excluding hydrogens is 486 g/mol. The first-order valence-electron chi connectivity index (χ1n) is 12.0. The van der Waals surface area contributed by atoms with E-state index in [-0.39, 0.29) is 0 Å². The van der Waals surface area contributed by atoms with Gasteiger partial charge in [-0.15, -0.1) is 0 Å².